The molecule has 1 aliphatic heterocycles. The van der Waals surface area contributed by atoms with Crippen LogP contribution in [0.1, 0.15) is 50.2 Å². The molecule has 1 aromatic rings. The molecule has 3 unspecified atom stereocenters. The van der Waals surface area contributed by atoms with Crippen molar-refractivity contribution in [2.24, 2.45) is 5.92 Å². The largest absolute Gasteiger partial charge is 0.377 e. The summed E-state index contributed by atoms with van der Waals surface area (Å²) in [5, 5.41) is 6.63. The Kier molecular flexibility index (Phi) is 7.53. The molecule has 1 amide bonds. The smallest absolute Gasteiger partial charge is 0.237 e. The van der Waals surface area contributed by atoms with Crippen LogP contribution in [0.25, 0.3) is 0 Å². The van der Waals surface area contributed by atoms with Crippen LogP contribution in [0.4, 0.5) is 0 Å². The number of halogens is 1. The first-order chi connectivity index (χ1) is 11.3. The average Bonchev–Trinajstić information content (AvgIpc) is 3.02. The zero-order valence-corrected chi connectivity index (χ0v) is 15.2. The van der Waals surface area contributed by atoms with E-state index < -0.39 is 0 Å². The van der Waals surface area contributed by atoms with Gasteiger partial charge in [-0.15, -0.1) is 12.4 Å². The minimum absolute atomic E-state index is 0. The molecule has 2 N–H and O–H groups in total. The molecular weight excluding hydrogens is 324 g/mol. The number of carbonyl (C=O) groups excluding carboxylic acids is 1. The predicted molar refractivity (Wildman–Crippen MR) is 98.2 cm³/mol. The molecule has 4 nitrogen and oxygen atoms in total. The van der Waals surface area contributed by atoms with Gasteiger partial charge in [-0.3, -0.25) is 4.79 Å². The van der Waals surface area contributed by atoms with Gasteiger partial charge in [-0.25, -0.2) is 0 Å². The topological polar surface area (TPSA) is 50.4 Å². The predicted octanol–water partition coefficient (Wildman–Crippen LogP) is 3.18. The van der Waals surface area contributed by atoms with Gasteiger partial charge in [-0.05, 0) is 43.2 Å². The second-order valence-electron chi connectivity index (χ2n) is 6.78. The van der Waals surface area contributed by atoms with Crippen LogP contribution in [0.3, 0.4) is 0 Å². The Bertz CT molecular complexity index is 524. The highest BCUT2D eigenvalue weighted by Crippen LogP contribution is 2.33. The van der Waals surface area contributed by atoms with Gasteiger partial charge in [0.05, 0.1) is 12.6 Å². The Labute approximate surface area is 151 Å². The quantitative estimate of drug-likeness (QED) is 0.826. The highest BCUT2D eigenvalue weighted by atomic mass is 35.5. The van der Waals surface area contributed by atoms with Gasteiger partial charge in [-0.2, -0.15) is 0 Å². The fourth-order valence-electron chi connectivity index (χ4n) is 3.88. The Morgan fingerprint density at radius 3 is 2.88 bits per heavy atom. The summed E-state index contributed by atoms with van der Waals surface area (Å²) in [6.45, 7) is 3.94. The first-order valence-corrected chi connectivity index (χ1v) is 8.95. The van der Waals surface area contributed by atoms with E-state index in [0.29, 0.717) is 25.1 Å². The van der Waals surface area contributed by atoms with Crippen molar-refractivity contribution in [3.63, 3.8) is 0 Å². The van der Waals surface area contributed by atoms with E-state index in [1.807, 2.05) is 13.0 Å². The first-order valence-electron chi connectivity index (χ1n) is 8.95. The Morgan fingerprint density at radius 2 is 2.08 bits per heavy atom. The van der Waals surface area contributed by atoms with Gasteiger partial charge in [0.25, 0.3) is 0 Å². The summed E-state index contributed by atoms with van der Waals surface area (Å²) < 4.78 is 5.44. The Morgan fingerprint density at radius 1 is 1.29 bits per heavy atom. The standard InChI is InChI=1S/C19H28N2O2.ClH/c1-2-23-13-15-7-5-6-14(10-15)12-20-19(22)18-11-16-8-3-4-9-17(16)21-18;/h5-7,10,16-18,21H,2-4,8-9,11-13H2,1H3,(H,20,22);1H. The zero-order valence-electron chi connectivity index (χ0n) is 14.4. The average molecular weight is 353 g/mol. The number of benzene rings is 1. The highest BCUT2D eigenvalue weighted by Gasteiger charge is 2.37. The van der Waals surface area contributed by atoms with E-state index in [2.05, 4.69) is 28.8 Å². The molecule has 0 aromatic heterocycles. The minimum Gasteiger partial charge on any atom is -0.377 e. The van der Waals surface area contributed by atoms with Crippen molar-refractivity contribution in [2.75, 3.05) is 6.61 Å². The molecule has 5 heteroatoms. The summed E-state index contributed by atoms with van der Waals surface area (Å²) in [5.41, 5.74) is 2.29. The minimum atomic E-state index is -0.00490. The van der Waals surface area contributed by atoms with Crippen LogP contribution >= 0.6 is 12.4 Å². The molecule has 1 saturated carbocycles. The first kappa shape index (κ1) is 19.2. The van der Waals surface area contributed by atoms with Crippen molar-refractivity contribution in [3.05, 3.63) is 35.4 Å². The zero-order chi connectivity index (χ0) is 16.1. The van der Waals surface area contributed by atoms with Crippen molar-refractivity contribution < 1.29 is 9.53 Å². The van der Waals surface area contributed by atoms with Crippen LogP contribution in [0.2, 0.25) is 0 Å². The van der Waals surface area contributed by atoms with Crippen molar-refractivity contribution in [1.82, 2.24) is 10.6 Å². The third-order valence-corrected chi connectivity index (χ3v) is 5.11. The second-order valence-corrected chi connectivity index (χ2v) is 6.78. The normalized spacial score (nSPS) is 25.6. The molecule has 134 valence electrons. The fourth-order valence-corrected chi connectivity index (χ4v) is 3.88. The van der Waals surface area contributed by atoms with E-state index in [0.717, 1.165) is 24.2 Å². The van der Waals surface area contributed by atoms with E-state index in [1.54, 1.807) is 0 Å². The van der Waals surface area contributed by atoms with Gasteiger partial charge < -0.3 is 15.4 Å². The van der Waals surface area contributed by atoms with Gasteiger partial charge in [0.15, 0.2) is 0 Å². The number of hydrogen-bond acceptors (Lipinski definition) is 3. The van der Waals surface area contributed by atoms with Crippen LogP contribution in [0, 0.1) is 5.92 Å². The van der Waals surface area contributed by atoms with Crippen molar-refractivity contribution in [2.45, 2.75) is 64.3 Å². The number of rotatable bonds is 6. The molecule has 1 aliphatic carbocycles. The van der Waals surface area contributed by atoms with Gasteiger partial charge >= 0.3 is 0 Å². The van der Waals surface area contributed by atoms with Gasteiger partial charge in [0, 0.05) is 19.2 Å². The number of carbonyl (C=O) groups is 1. The maximum Gasteiger partial charge on any atom is 0.237 e. The monoisotopic (exact) mass is 352 g/mol. The summed E-state index contributed by atoms with van der Waals surface area (Å²) in [4.78, 5) is 12.4. The maximum atomic E-state index is 12.4. The number of amides is 1. The molecule has 2 fully saturated rings. The summed E-state index contributed by atoms with van der Waals surface area (Å²) in [6.07, 6.45) is 6.13. The molecule has 24 heavy (non-hydrogen) atoms. The van der Waals surface area contributed by atoms with E-state index in [9.17, 15) is 4.79 Å². The van der Waals surface area contributed by atoms with Crippen LogP contribution in [0.15, 0.2) is 24.3 Å². The van der Waals surface area contributed by atoms with Crippen molar-refractivity contribution in [1.29, 1.82) is 0 Å². The Balaban J connectivity index is 0.00000208. The van der Waals surface area contributed by atoms with Gasteiger partial charge in [0.2, 0.25) is 5.91 Å². The lowest BCUT2D eigenvalue weighted by molar-refractivity contribution is -0.123. The molecule has 0 radical (unpaired) electrons. The molecule has 1 saturated heterocycles. The van der Waals surface area contributed by atoms with E-state index in [-0.39, 0.29) is 24.4 Å². The number of hydrogen-bond donors (Lipinski definition) is 2. The molecule has 3 atom stereocenters. The highest BCUT2D eigenvalue weighted by molar-refractivity contribution is 5.85. The molecular formula is C19H29ClN2O2. The molecule has 2 aliphatic rings. The van der Waals surface area contributed by atoms with Crippen LogP contribution in [-0.2, 0) is 22.7 Å². The number of fused-ring (bicyclic) bond motifs is 1. The summed E-state index contributed by atoms with van der Waals surface area (Å²) in [5.74, 6) is 0.851. The molecule has 0 spiro atoms. The number of ether oxygens (including phenoxy) is 1. The second kappa shape index (κ2) is 9.40. The molecule has 3 rings (SSSR count). The lowest BCUT2D eigenvalue weighted by Crippen LogP contribution is -2.42. The van der Waals surface area contributed by atoms with Gasteiger partial charge in [-0.1, -0.05) is 37.1 Å². The Hall–Kier alpha value is -1.10. The lowest BCUT2D eigenvalue weighted by Gasteiger charge is -2.24. The van der Waals surface area contributed by atoms with E-state index in [4.69, 9.17) is 4.74 Å². The summed E-state index contributed by atoms with van der Waals surface area (Å²) >= 11 is 0. The van der Waals surface area contributed by atoms with Crippen LogP contribution in [0.5, 0.6) is 0 Å². The lowest BCUT2D eigenvalue weighted by atomic mass is 9.85. The van der Waals surface area contributed by atoms with E-state index in [1.165, 1.54) is 25.7 Å². The summed E-state index contributed by atoms with van der Waals surface area (Å²) in [7, 11) is 0. The maximum absolute atomic E-state index is 12.4. The van der Waals surface area contributed by atoms with E-state index >= 15 is 0 Å². The summed E-state index contributed by atoms with van der Waals surface area (Å²) in [6, 6.07) is 8.81. The molecule has 1 heterocycles. The van der Waals surface area contributed by atoms with Crippen molar-refractivity contribution >= 4 is 18.3 Å². The van der Waals surface area contributed by atoms with Crippen molar-refractivity contribution in [3.8, 4) is 0 Å². The third-order valence-electron chi connectivity index (χ3n) is 5.11. The van der Waals surface area contributed by atoms with Gasteiger partial charge in [0.1, 0.15) is 0 Å². The number of nitrogens with one attached hydrogen (secondary N) is 2. The van der Waals surface area contributed by atoms with Crippen LogP contribution in [-0.4, -0.2) is 24.6 Å². The van der Waals surface area contributed by atoms with Crippen LogP contribution < -0.4 is 10.6 Å². The fraction of sp³-hybridized carbons (Fsp3) is 0.632. The third kappa shape index (κ3) is 4.95. The molecule has 1 aromatic carbocycles. The molecule has 0 bridgehead atoms. The SMILES string of the molecule is CCOCc1cccc(CNC(=O)C2CC3CCCCC3N2)c1.Cl.